The summed E-state index contributed by atoms with van der Waals surface area (Å²) in [6.45, 7) is 3.22. The Balaban J connectivity index is 1.26. The molecular formula is C34H32F2N6O2. The van der Waals surface area contributed by atoms with Crippen LogP contribution in [0.15, 0.2) is 48.4 Å². The van der Waals surface area contributed by atoms with Crippen molar-refractivity contribution in [3.8, 4) is 35.4 Å². The van der Waals surface area contributed by atoms with E-state index in [1.165, 1.54) is 6.07 Å². The van der Waals surface area contributed by atoms with Crippen molar-refractivity contribution < 1.29 is 18.6 Å². The minimum Gasteiger partial charge on any atom is -0.508 e. The molecule has 4 saturated heterocycles. The Bertz CT molecular complexity index is 1880. The zero-order chi connectivity index (χ0) is 30.0. The first-order valence-electron chi connectivity index (χ1n) is 15.2. The second-order valence-electron chi connectivity index (χ2n) is 12.6. The van der Waals surface area contributed by atoms with Crippen LogP contribution < -0.4 is 15.0 Å². The third-order valence-electron chi connectivity index (χ3n) is 9.85. The molecule has 1 unspecified atom stereocenters. The molecule has 4 aliphatic heterocycles. The topological polar surface area (TPSA) is 86.6 Å². The minimum absolute atomic E-state index is 0.0229. The molecule has 0 saturated carbocycles. The fourth-order valence-electron chi connectivity index (χ4n) is 7.86. The van der Waals surface area contributed by atoms with E-state index in [-0.39, 0.29) is 35.1 Å². The van der Waals surface area contributed by atoms with Crippen LogP contribution in [0.1, 0.15) is 37.7 Å². The van der Waals surface area contributed by atoms with Gasteiger partial charge in [0, 0.05) is 54.4 Å². The molecule has 0 amide bonds. The number of ether oxygens (including phenoxy) is 1. The highest BCUT2D eigenvalue weighted by Crippen LogP contribution is 2.42. The van der Waals surface area contributed by atoms with Crippen LogP contribution in [0.5, 0.6) is 11.8 Å². The highest BCUT2D eigenvalue weighted by atomic mass is 19.1. The SMILES string of the molecule is C#Cc1cccc2cc(O)cc(-c3ncc4c(N5C[C@H]6CC[C@@H](C5)N6)nc(OCC56CCCN5C/C(=C\F)C6)nc4c3F)c12. The molecule has 4 aromatic rings. The summed E-state index contributed by atoms with van der Waals surface area (Å²) in [6, 6.07) is 9.23. The number of aromatic hydroxyl groups is 1. The van der Waals surface area contributed by atoms with E-state index in [1.807, 2.05) is 6.07 Å². The number of halogens is 2. The number of nitrogens with zero attached hydrogens (tertiary/aromatic N) is 5. The van der Waals surface area contributed by atoms with Crippen molar-refractivity contribution in [2.45, 2.75) is 49.7 Å². The summed E-state index contributed by atoms with van der Waals surface area (Å²) in [7, 11) is 0. The van der Waals surface area contributed by atoms with Gasteiger partial charge in [-0.2, -0.15) is 9.97 Å². The monoisotopic (exact) mass is 594 g/mol. The number of hydrogen-bond donors (Lipinski definition) is 2. The van der Waals surface area contributed by atoms with Gasteiger partial charge in [-0.05, 0) is 67.8 Å². The fraction of sp³-hybridized carbons (Fsp3) is 0.382. The number of benzene rings is 2. The van der Waals surface area contributed by atoms with Gasteiger partial charge in [0.15, 0.2) is 5.82 Å². The van der Waals surface area contributed by atoms with E-state index in [2.05, 4.69) is 31.0 Å². The van der Waals surface area contributed by atoms with E-state index in [1.54, 1.807) is 24.4 Å². The van der Waals surface area contributed by atoms with Crippen molar-refractivity contribution in [3.63, 3.8) is 0 Å². The molecule has 4 aliphatic rings. The molecule has 2 aromatic carbocycles. The molecule has 0 spiro atoms. The number of phenolic OH excluding ortho intramolecular Hbond substituents is 1. The average molecular weight is 595 g/mol. The van der Waals surface area contributed by atoms with Crippen LogP contribution in [-0.2, 0) is 0 Å². The molecule has 0 aliphatic carbocycles. The zero-order valence-electron chi connectivity index (χ0n) is 24.2. The van der Waals surface area contributed by atoms with Crippen LogP contribution in [0.4, 0.5) is 14.6 Å². The van der Waals surface area contributed by atoms with Gasteiger partial charge in [0.05, 0.1) is 17.3 Å². The van der Waals surface area contributed by atoms with Gasteiger partial charge in [0.25, 0.3) is 0 Å². The maximum absolute atomic E-state index is 16.8. The van der Waals surface area contributed by atoms with E-state index in [9.17, 15) is 9.50 Å². The van der Waals surface area contributed by atoms with Gasteiger partial charge < -0.3 is 20.1 Å². The molecule has 224 valence electrons. The predicted octanol–water partition coefficient (Wildman–Crippen LogP) is 5.08. The molecule has 2 bridgehead atoms. The molecule has 2 N–H and O–H groups in total. The Hall–Kier alpha value is -4.33. The number of anilines is 1. The van der Waals surface area contributed by atoms with Crippen molar-refractivity contribution in [1.82, 2.24) is 25.2 Å². The van der Waals surface area contributed by atoms with Crippen LogP contribution >= 0.6 is 0 Å². The highest BCUT2D eigenvalue weighted by molar-refractivity contribution is 6.02. The Kier molecular flexibility index (Phi) is 6.43. The first-order valence-corrected chi connectivity index (χ1v) is 15.2. The van der Waals surface area contributed by atoms with Crippen molar-refractivity contribution in [3.05, 3.63) is 59.8 Å². The molecule has 10 heteroatoms. The Morgan fingerprint density at radius 2 is 2.05 bits per heavy atom. The van der Waals surface area contributed by atoms with Gasteiger partial charge in [-0.3, -0.25) is 9.88 Å². The first kappa shape index (κ1) is 27.2. The third kappa shape index (κ3) is 4.37. The maximum Gasteiger partial charge on any atom is 0.319 e. The number of phenols is 1. The molecule has 0 radical (unpaired) electrons. The smallest absolute Gasteiger partial charge is 0.319 e. The summed E-state index contributed by atoms with van der Waals surface area (Å²) in [5.41, 5.74) is 1.52. The van der Waals surface area contributed by atoms with Gasteiger partial charge in [-0.25, -0.2) is 8.78 Å². The number of hydrogen-bond acceptors (Lipinski definition) is 8. The first-order chi connectivity index (χ1) is 21.4. The zero-order valence-corrected chi connectivity index (χ0v) is 24.2. The quantitative estimate of drug-likeness (QED) is 0.310. The lowest BCUT2D eigenvalue weighted by atomic mass is 9.94. The highest BCUT2D eigenvalue weighted by Gasteiger charge is 2.47. The maximum atomic E-state index is 16.8. The number of fused-ring (bicyclic) bond motifs is 5. The van der Waals surface area contributed by atoms with Crippen molar-refractivity contribution in [1.29, 1.82) is 0 Å². The Morgan fingerprint density at radius 1 is 1.20 bits per heavy atom. The van der Waals surface area contributed by atoms with E-state index in [4.69, 9.17) is 16.1 Å². The van der Waals surface area contributed by atoms with Gasteiger partial charge >= 0.3 is 6.01 Å². The number of piperazine rings is 1. The summed E-state index contributed by atoms with van der Waals surface area (Å²) < 4.78 is 36.6. The molecular weight excluding hydrogens is 562 g/mol. The van der Waals surface area contributed by atoms with Gasteiger partial charge in [0.2, 0.25) is 0 Å². The molecule has 8 nitrogen and oxygen atoms in total. The van der Waals surface area contributed by atoms with E-state index < -0.39 is 5.82 Å². The van der Waals surface area contributed by atoms with Crippen molar-refractivity contribution >= 4 is 27.5 Å². The summed E-state index contributed by atoms with van der Waals surface area (Å²) in [5.74, 6) is 2.60. The van der Waals surface area contributed by atoms with Gasteiger partial charge in [-0.15, -0.1) is 6.42 Å². The second kappa shape index (κ2) is 10.4. The van der Waals surface area contributed by atoms with Crippen molar-refractivity contribution in [2.75, 3.05) is 37.7 Å². The standard InChI is InChI=1S/C34H32F2N6O2/c1-2-21-5-3-6-22-11-25(43)12-26(28(21)22)30-29(36)31-27(15-37-30)32(41-17-23-7-8-24(18-41)38-23)40-33(39-31)44-19-34-9-4-10-42(34)16-20(13-34)14-35/h1,3,5-6,11-12,14-15,23-24,38,43H,4,7-10,13,16-19H2/b20-14-/t23-,24+,34?. The lowest BCUT2D eigenvalue weighted by molar-refractivity contribution is 0.108. The number of nitrogens with one attached hydrogen (secondary N) is 1. The van der Waals surface area contributed by atoms with Gasteiger partial charge in [0.1, 0.15) is 29.4 Å². The molecule has 44 heavy (non-hydrogen) atoms. The molecule has 6 heterocycles. The second-order valence-corrected chi connectivity index (χ2v) is 12.6. The number of rotatable bonds is 5. The van der Waals surface area contributed by atoms with Crippen molar-refractivity contribution in [2.24, 2.45) is 0 Å². The lowest BCUT2D eigenvalue weighted by Crippen LogP contribution is -2.51. The van der Waals surface area contributed by atoms with Crippen LogP contribution in [0, 0.1) is 18.2 Å². The lowest BCUT2D eigenvalue weighted by Gasteiger charge is -2.34. The third-order valence-corrected chi connectivity index (χ3v) is 9.85. The van der Waals surface area contributed by atoms with Crippen LogP contribution in [0.25, 0.3) is 32.9 Å². The average Bonchev–Trinajstić information content (AvgIpc) is 3.70. The van der Waals surface area contributed by atoms with Crippen LogP contribution in [0.3, 0.4) is 0 Å². The van der Waals surface area contributed by atoms with Crippen LogP contribution in [0.2, 0.25) is 0 Å². The summed E-state index contributed by atoms with van der Waals surface area (Å²) in [6.07, 6.45) is 12.8. The summed E-state index contributed by atoms with van der Waals surface area (Å²) >= 11 is 0. The van der Waals surface area contributed by atoms with Crippen LogP contribution in [-0.4, -0.2) is 75.4 Å². The Labute approximate surface area is 253 Å². The van der Waals surface area contributed by atoms with E-state index >= 15 is 4.39 Å². The number of terminal acetylenes is 1. The predicted molar refractivity (Wildman–Crippen MR) is 165 cm³/mol. The minimum atomic E-state index is -0.642. The molecule has 8 rings (SSSR count). The molecule has 4 fully saturated rings. The number of aromatic nitrogens is 3. The van der Waals surface area contributed by atoms with Gasteiger partial charge in [-0.1, -0.05) is 18.1 Å². The summed E-state index contributed by atoms with van der Waals surface area (Å²) in [5, 5.41) is 16.0. The Morgan fingerprint density at radius 3 is 2.84 bits per heavy atom. The van der Waals surface area contributed by atoms with E-state index in [0.29, 0.717) is 64.5 Å². The molecule has 2 aromatic heterocycles. The van der Waals surface area contributed by atoms with E-state index in [0.717, 1.165) is 50.9 Å². The largest absolute Gasteiger partial charge is 0.508 e. The fourth-order valence-corrected chi connectivity index (χ4v) is 7.86. The summed E-state index contributed by atoms with van der Waals surface area (Å²) in [4.78, 5) is 18.5. The normalized spacial score (nSPS) is 25.7. The molecule has 3 atom stereocenters. The number of pyridine rings is 1.